The fourth-order valence-corrected chi connectivity index (χ4v) is 2.10. The maximum atomic E-state index is 12.1. The minimum absolute atomic E-state index is 0.00694. The van der Waals surface area contributed by atoms with E-state index in [9.17, 15) is 4.79 Å². The van der Waals surface area contributed by atoms with Gasteiger partial charge < -0.3 is 9.15 Å². The van der Waals surface area contributed by atoms with Crippen LogP contribution in [0.3, 0.4) is 0 Å². The van der Waals surface area contributed by atoms with Crippen molar-refractivity contribution in [3.05, 3.63) is 29.9 Å². The summed E-state index contributed by atoms with van der Waals surface area (Å²) >= 11 is 0. The lowest BCUT2D eigenvalue weighted by Crippen LogP contribution is -2.38. The number of aryl methyl sites for hydroxylation is 1. The van der Waals surface area contributed by atoms with Crippen molar-refractivity contribution in [3.8, 4) is 0 Å². The molecular weight excluding hydrogens is 248 g/mol. The van der Waals surface area contributed by atoms with E-state index in [-0.39, 0.29) is 19.1 Å². The van der Waals surface area contributed by atoms with Crippen LogP contribution in [0.5, 0.6) is 0 Å². The molecule has 19 heavy (non-hydrogen) atoms. The summed E-state index contributed by atoms with van der Waals surface area (Å²) in [6.45, 7) is 0.952. The third-order valence-electron chi connectivity index (χ3n) is 3.00. The largest absolute Gasteiger partial charge is 0.467 e. The van der Waals surface area contributed by atoms with Gasteiger partial charge in [-0.25, -0.2) is 0 Å². The molecule has 1 N–H and O–H groups in total. The smallest absolute Gasteiger partial charge is 0.254 e. The van der Waals surface area contributed by atoms with Crippen LogP contribution in [-0.2, 0) is 22.6 Å². The zero-order valence-electron chi connectivity index (χ0n) is 10.3. The Labute approximate surface area is 109 Å². The molecule has 2 aromatic heterocycles. The van der Waals surface area contributed by atoms with Crippen molar-refractivity contribution in [2.75, 3.05) is 18.1 Å². The van der Waals surface area contributed by atoms with E-state index in [0.29, 0.717) is 18.1 Å². The van der Waals surface area contributed by atoms with Gasteiger partial charge in [-0.2, -0.15) is 10.3 Å². The van der Waals surface area contributed by atoms with Crippen molar-refractivity contribution in [1.82, 2.24) is 15.4 Å². The number of H-pyrrole nitrogens is 1. The number of fused-ring (bicyclic) bond motifs is 1. The number of amides is 1. The number of ether oxygens (including phenoxy) is 1. The number of aromatic amines is 1. The number of rotatable bonds is 4. The van der Waals surface area contributed by atoms with Crippen LogP contribution < -0.4 is 4.90 Å². The Bertz CT molecular complexity index is 549. The topological polar surface area (TPSA) is 84.2 Å². The lowest BCUT2D eigenvalue weighted by Gasteiger charge is -2.24. The maximum Gasteiger partial charge on any atom is 0.254 e. The van der Waals surface area contributed by atoms with E-state index in [1.54, 1.807) is 23.3 Å². The number of anilines is 1. The highest BCUT2D eigenvalue weighted by atomic mass is 16.5. The van der Waals surface area contributed by atoms with Crippen LogP contribution in [0.4, 0.5) is 5.82 Å². The van der Waals surface area contributed by atoms with Crippen molar-refractivity contribution in [2.24, 2.45) is 0 Å². The minimum atomic E-state index is -0.110. The minimum Gasteiger partial charge on any atom is -0.467 e. The molecule has 0 saturated heterocycles. The number of hydrogen-bond donors (Lipinski definition) is 1. The summed E-state index contributed by atoms with van der Waals surface area (Å²) in [5, 5.41) is 10.6. The van der Waals surface area contributed by atoms with Gasteiger partial charge in [0, 0.05) is 6.54 Å². The molecule has 0 saturated carbocycles. The zero-order chi connectivity index (χ0) is 13.1. The van der Waals surface area contributed by atoms with Crippen LogP contribution in [0.25, 0.3) is 0 Å². The second-order valence-electron chi connectivity index (χ2n) is 4.32. The molecule has 0 aliphatic carbocycles. The highest BCUT2D eigenvalue weighted by Gasteiger charge is 2.25. The van der Waals surface area contributed by atoms with Crippen LogP contribution >= 0.6 is 0 Å². The Balaban J connectivity index is 1.57. The Morgan fingerprint density at radius 1 is 1.53 bits per heavy atom. The molecule has 0 bridgehead atoms. The van der Waals surface area contributed by atoms with E-state index >= 15 is 0 Å². The Kier molecular flexibility index (Phi) is 3.28. The number of furan rings is 1. The number of nitrogens with one attached hydrogen (secondary N) is 1. The molecule has 0 spiro atoms. The molecule has 1 aliphatic rings. The van der Waals surface area contributed by atoms with Crippen molar-refractivity contribution in [1.29, 1.82) is 0 Å². The van der Waals surface area contributed by atoms with Gasteiger partial charge in [0.05, 0.1) is 6.26 Å². The number of aromatic nitrogens is 3. The Morgan fingerprint density at radius 2 is 2.47 bits per heavy atom. The van der Waals surface area contributed by atoms with E-state index < -0.39 is 0 Å². The average molecular weight is 262 g/mol. The van der Waals surface area contributed by atoms with Crippen LogP contribution in [0.1, 0.15) is 17.9 Å². The highest BCUT2D eigenvalue weighted by Crippen LogP contribution is 2.22. The fourth-order valence-electron chi connectivity index (χ4n) is 2.10. The molecule has 1 amide bonds. The number of hydrogen-bond acceptors (Lipinski definition) is 5. The molecule has 3 rings (SSSR count). The van der Waals surface area contributed by atoms with Gasteiger partial charge in [0.2, 0.25) is 0 Å². The molecule has 2 aromatic rings. The summed E-state index contributed by atoms with van der Waals surface area (Å²) < 4.78 is 10.5. The van der Waals surface area contributed by atoms with Gasteiger partial charge in [0.25, 0.3) is 5.91 Å². The molecule has 0 unspecified atom stereocenters. The third-order valence-corrected chi connectivity index (χ3v) is 3.00. The van der Waals surface area contributed by atoms with E-state index in [4.69, 9.17) is 9.15 Å². The van der Waals surface area contributed by atoms with Gasteiger partial charge in [-0.15, -0.1) is 5.10 Å². The molecule has 1 aliphatic heterocycles. The van der Waals surface area contributed by atoms with Gasteiger partial charge in [-0.1, -0.05) is 0 Å². The van der Waals surface area contributed by atoms with Crippen LogP contribution in [0.2, 0.25) is 0 Å². The molecule has 0 radical (unpaired) electrons. The Morgan fingerprint density at radius 3 is 3.32 bits per heavy atom. The molecule has 7 nitrogen and oxygen atoms in total. The second-order valence-corrected chi connectivity index (χ2v) is 4.32. The molecule has 3 heterocycles. The molecule has 7 heteroatoms. The quantitative estimate of drug-likeness (QED) is 0.884. The maximum absolute atomic E-state index is 12.1. The third kappa shape index (κ3) is 2.50. The molecule has 0 aromatic carbocycles. The van der Waals surface area contributed by atoms with E-state index in [0.717, 1.165) is 18.5 Å². The van der Waals surface area contributed by atoms with Gasteiger partial charge >= 0.3 is 0 Å². The summed E-state index contributed by atoms with van der Waals surface area (Å²) in [7, 11) is 0. The second kappa shape index (κ2) is 5.23. The Hall–Kier alpha value is -2.15. The van der Waals surface area contributed by atoms with E-state index in [1.807, 2.05) is 0 Å². The summed E-state index contributed by atoms with van der Waals surface area (Å²) in [6.07, 6.45) is 3.32. The lowest BCUT2D eigenvalue weighted by atomic mass is 10.1. The molecular formula is C12H14N4O3. The predicted octanol–water partition coefficient (Wildman–Crippen LogP) is 0.894. The van der Waals surface area contributed by atoms with E-state index in [2.05, 4.69) is 15.4 Å². The van der Waals surface area contributed by atoms with E-state index in [1.165, 1.54) is 0 Å². The number of nitrogens with zero attached hydrogens (tertiary/aromatic N) is 3. The van der Waals surface area contributed by atoms with Crippen LogP contribution in [0.15, 0.2) is 22.8 Å². The van der Waals surface area contributed by atoms with Crippen LogP contribution in [0, 0.1) is 0 Å². The predicted molar refractivity (Wildman–Crippen MR) is 65.4 cm³/mol. The fraction of sp³-hybridized carbons (Fsp3) is 0.417. The highest BCUT2D eigenvalue weighted by molar-refractivity contribution is 5.94. The van der Waals surface area contributed by atoms with Crippen molar-refractivity contribution >= 4 is 11.7 Å². The number of carbonyl (C=O) groups is 1. The van der Waals surface area contributed by atoms with Crippen LogP contribution in [-0.4, -0.2) is 34.5 Å². The number of carbonyl (C=O) groups excluding carboxylic acids is 1. The first kappa shape index (κ1) is 11.9. The summed E-state index contributed by atoms with van der Waals surface area (Å²) in [5.41, 5.74) is 0.839. The monoisotopic (exact) mass is 262 g/mol. The van der Waals surface area contributed by atoms with Crippen molar-refractivity contribution in [3.63, 3.8) is 0 Å². The zero-order valence-corrected chi connectivity index (χ0v) is 10.3. The van der Waals surface area contributed by atoms with Gasteiger partial charge in [-0.05, 0) is 25.0 Å². The summed E-state index contributed by atoms with van der Waals surface area (Å²) in [5.74, 6) is 1.22. The molecule has 0 fully saturated rings. The lowest BCUT2D eigenvalue weighted by molar-refractivity contribution is -0.123. The molecule has 100 valence electrons. The van der Waals surface area contributed by atoms with Gasteiger partial charge in [0.1, 0.15) is 24.7 Å². The normalized spacial score (nSPS) is 14.4. The SMILES string of the molecule is O=C(COCc1ccco1)N1CCCc2n[nH]nc21. The molecule has 0 atom stereocenters. The van der Waals surface area contributed by atoms with Gasteiger partial charge in [-0.3, -0.25) is 9.69 Å². The average Bonchev–Trinajstić information content (AvgIpc) is 3.08. The first-order chi connectivity index (χ1) is 9.34. The van der Waals surface area contributed by atoms with Crippen molar-refractivity contribution < 1.29 is 13.9 Å². The standard InChI is InChI=1S/C12H14N4O3/c17-11(8-18-7-9-3-2-6-19-9)16-5-1-4-10-12(16)14-15-13-10/h2-3,6H,1,4-5,7-8H2,(H,13,14,15). The first-order valence-corrected chi connectivity index (χ1v) is 6.15. The summed E-state index contributed by atoms with van der Waals surface area (Å²) in [4.78, 5) is 13.7. The summed E-state index contributed by atoms with van der Waals surface area (Å²) in [6, 6.07) is 3.59. The van der Waals surface area contributed by atoms with Gasteiger partial charge in [0.15, 0.2) is 5.82 Å². The first-order valence-electron chi connectivity index (χ1n) is 6.15. The van der Waals surface area contributed by atoms with Crippen molar-refractivity contribution in [2.45, 2.75) is 19.4 Å².